The average molecular weight is 323 g/mol. The molecule has 1 aliphatic rings. The van der Waals surface area contributed by atoms with Crippen molar-refractivity contribution in [3.8, 4) is 23.1 Å². The highest BCUT2D eigenvalue weighted by Crippen LogP contribution is 2.26. The highest BCUT2D eigenvalue weighted by molar-refractivity contribution is 5.47. The van der Waals surface area contributed by atoms with Crippen molar-refractivity contribution in [2.45, 2.75) is 19.5 Å². The molecule has 0 spiro atoms. The van der Waals surface area contributed by atoms with E-state index in [0.717, 1.165) is 36.3 Å². The van der Waals surface area contributed by atoms with Crippen molar-refractivity contribution in [1.82, 2.24) is 14.9 Å². The van der Waals surface area contributed by atoms with Crippen molar-refractivity contribution < 1.29 is 14.6 Å². The van der Waals surface area contributed by atoms with E-state index in [1.54, 1.807) is 18.4 Å². The minimum absolute atomic E-state index is 0.0686. The van der Waals surface area contributed by atoms with Gasteiger partial charge < -0.3 is 14.6 Å². The highest BCUT2D eigenvalue weighted by atomic mass is 16.3. The molecule has 24 heavy (non-hydrogen) atoms. The maximum absolute atomic E-state index is 9.94. The van der Waals surface area contributed by atoms with Crippen LogP contribution in [0.25, 0.3) is 11.6 Å². The number of rotatable bonds is 3. The molecule has 1 aliphatic heterocycles. The van der Waals surface area contributed by atoms with Crippen molar-refractivity contribution in [1.29, 1.82) is 0 Å². The summed E-state index contributed by atoms with van der Waals surface area (Å²) >= 11 is 0. The van der Waals surface area contributed by atoms with Crippen molar-refractivity contribution in [2.75, 3.05) is 6.54 Å². The molecule has 0 atom stereocenters. The lowest BCUT2D eigenvalue weighted by Gasteiger charge is -2.28. The van der Waals surface area contributed by atoms with Crippen LogP contribution in [-0.4, -0.2) is 31.6 Å². The quantitative estimate of drug-likeness (QED) is 0.771. The van der Waals surface area contributed by atoms with Crippen LogP contribution in [0.15, 0.2) is 47.2 Å². The number of hydrogen-bond donors (Lipinski definition) is 2. The molecule has 4 rings (SSSR count). The van der Waals surface area contributed by atoms with E-state index in [0.29, 0.717) is 18.1 Å². The van der Waals surface area contributed by atoms with Gasteiger partial charge in [0.05, 0.1) is 12.0 Å². The molecule has 0 saturated carbocycles. The number of aromatic nitrogens is 2. The second-order valence-electron chi connectivity index (χ2n) is 5.92. The molecule has 0 bridgehead atoms. The topological polar surface area (TPSA) is 82.6 Å². The second kappa shape index (κ2) is 5.98. The van der Waals surface area contributed by atoms with Crippen molar-refractivity contribution >= 4 is 0 Å². The molecular weight excluding hydrogens is 306 g/mol. The summed E-state index contributed by atoms with van der Waals surface area (Å²) in [5.74, 6) is 1.47. The Morgan fingerprint density at radius 1 is 1.21 bits per heavy atom. The number of fused-ring (bicyclic) bond motifs is 1. The summed E-state index contributed by atoms with van der Waals surface area (Å²) < 4.78 is 5.35. The number of hydrogen-bond acceptors (Lipinski definition) is 6. The largest absolute Gasteiger partial charge is 0.508 e. The fraction of sp³-hybridized carbons (Fsp3) is 0.222. The summed E-state index contributed by atoms with van der Waals surface area (Å²) in [4.78, 5) is 11.2. The Hall–Kier alpha value is -2.86. The molecule has 0 radical (unpaired) electrons. The van der Waals surface area contributed by atoms with E-state index in [1.165, 1.54) is 6.07 Å². The third-order valence-electron chi connectivity index (χ3n) is 4.22. The van der Waals surface area contributed by atoms with Crippen LogP contribution in [0.5, 0.6) is 11.5 Å². The first-order chi connectivity index (χ1) is 11.7. The molecule has 6 nitrogen and oxygen atoms in total. The molecule has 0 fully saturated rings. The van der Waals surface area contributed by atoms with Crippen molar-refractivity contribution in [2.24, 2.45) is 0 Å². The average Bonchev–Trinajstić information content (AvgIpc) is 3.11. The van der Waals surface area contributed by atoms with Crippen LogP contribution >= 0.6 is 0 Å². The van der Waals surface area contributed by atoms with Gasteiger partial charge in [-0.1, -0.05) is 6.07 Å². The van der Waals surface area contributed by atoms with Gasteiger partial charge in [0.1, 0.15) is 11.5 Å². The van der Waals surface area contributed by atoms with Gasteiger partial charge >= 0.3 is 0 Å². The molecule has 2 aromatic heterocycles. The SMILES string of the molecule is Oc1ccc(CN2CCc3nc(-c4ccco4)ncc3C2)c(O)c1. The fourth-order valence-electron chi connectivity index (χ4n) is 2.96. The predicted octanol–water partition coefficient (Wildman–Crippen LogP) is 2.71. The van der Waals surface area contributed by atoms with E-state index in [2.05, 4.69) is 14.9 Å². The molecule has 0 aliphatic carbocycles. The lowest BCUT2D eigenvalue weighted by molar-refractivity contribution is 0.239. The van der Waals surface area contributed by atoms with Gasteiger partial charge in [-0.15, -0.1) is 0 Å². The molecule has 0 unspecified atom stereocenters. The zero-order valence-corrected chi connectivity index (χ0v) is 13.0. The third kappa shape index (κ3) is 2.83. The molecule has 122 valence electrons. The van der Waals surface area contributed by atoms with Gasteiger partial charge in [0.2, 0.25) is 0 Å². The summed E-state index contributed by atoms with van der Waals surface area (Å²) in [6, 6.07) is 8.38. The van der Waals surface area contributed by atoms with Crippen LogP contribution in [-0.2, 0) is 19.5 Å². The summed E-state index contributed by atoms with van der Waals surface area (Å²) in [5.41, 5.74) is 2.93. The Morgan fingerprint density at radius 2 is 2.12 bits per heavy atom. The van der Waals surface area contributed by atoms with Crippen LogP contribution in [0.2, 0.25) is 0 Å². The minimum Gasteiger partial charge on any atom is -0.508 e. The first-order valence-corrected chi connectivity index (χ1v) is 7.81. The van der Waals surface area contributed by atoms with Gasteiger partial charge in [-0.2, -0.15) is 0 Å². The van der Waals surface area contributed by atoms with E-state index < -0.39 is 0 Å². The molecule has 0 saturated heterocycles. The molecule has 6 heteroatoms. The number of phenols is 2. The molecule has 2 N–H and O–H groups in total. The summed E-state index contributed by atoms with van der Waals surface area (Å²) in [5, 5.41) is 19.3. The van der Waals surface area contributed by atoms with Crippen LogP contribution < -0.4 is 0 Å². The Kier molecular flexibility index (Phi) is 3.66. The van der Waals surface area contributed by atoms with Gasteiger partial charge in [-0.25, -0.2) is 9.97 Å². The summed E-state index contributed by atoms with van der Waals surface area (Å²) in [6.07, 6.45) is 4.29. The lowest BCUT2D eigenvalue weighted by Crippen LogP contribution is -2.31. The number of aromatic hydroxyl groups is 2. The zero-order chi connectivity index (χ0) is 16.5. The molecule has 0 amide bonds. The normalized spacial score (nSPS) is 14.5. The van der Waals surface area contributed by atoms with Gasteiger partial charge in [-0.05, 0) is 18.2 Å². The standard InChI is InChI=1S/C18H17N3O3/c22-14-4-3-12(16(23)8-14)10-21-6-5-15-13(11-21)9-19-18(20-15)17-2-1-7-24-17/h1-4,7-9,22-23H,5-6,10-11H2. The van der Waals surface area contributed by atoms with E-state index in [1.807, 2.05) is 18.3 Å². The Labute approximate surface area is 139 Å². The molecule has 3 aromatic rings. The van der Waals surface area contributed by atoms with Crippen LogP contribution in [0.4, 0.5) is 0 Å². The lowest BCUT2D eigenvalue weighted by atomic mass is 10.1. The Morgan fingerprint density at radius 3 is 2.92 bits per heavy atom. The van der Waals surface area contributed by atoms with Crippen molar-refractivity contribution in [3.63, 3.8) is 0 Å². The fourth-order valence-corrected chi connectivity index (χ4v) is 2.96. The Balaban J connectivity index is 1.52. The number of nitrogens with zero attached hydrogens (tertiary/aromatic N) is 3. The third-order valence-corrected chi connectivity index (χ3v) is 4.22. The smallest absolute Gasteiger partial charge is 0.195 e. The summed E-state index contributed by atoms with van der Waals surface area (Å²) in [6.45, 7) is 2.20. The van der Waals surface area contributed by atoms with E-state index >= 15 is 0 Å². The first-order valence-electron chi connectivity index (χ1n) is 7.81. The zero-order valence-electron chi connectivity index (χ0n) is 13.0. The molecular formula is C18H17N3O3. The maximum atomic E-state index is 9.94. The van der Waals surface area contributed by atoms with E-state index in [9.17, 15) is 10.2 Å². The van der Waals surface area contributed by atoms with Crippen LogP contribution in [0.3, 0.4) is 0 Å². The monoisotopic (exact) mass is 323 g/mol. The molecule has 3 heterocycles. The van der Waals surface area contributed by atoms with Crippen LogP contribution in [0, 0.1) is 0 Å². The minimum atomic E-state index is 0.0686. The van der Waals surface area contributed by atoms with Gasteiger partial charge in [0.15, 0.2) is 11.6 Å². The Bertz CT molecular complexity index is 862. The van der Waals surface area contributed by atoms with Gasteiger partial charge in [0.25, 0.3) is 0 Å². The van der Waals surface area contributed by atoms with Gasteiger partial charge in [-0.3, -0.25) is 4.90 Å². The summed E-state index contributed by atoms with van der Waals surface area (Å²) in [7, 11) is 0. The van der Waals surface area contributed by atoms with Gasteiger partial charge in [0, 0.05) is 49.4 Å². The molecule has 1 aromatic carbocycles. The van der Waals surface area contributed by atoms with E-state index in [-0.39, 0.29) is 11.5 Å². The van der Waals surface area contributed by atoms with Crippen molar-refractivity contribution in [3.05, 3.63) is 59.6 Å². The highest BCUT2D eigenvalue weighted by Gasteiger charge is 2.20. The second-order valence-corrected chi connectivity index (χ2v) is 5.92. The number of benzene rings is 1. The van der Waals surface area contributed by atoms with Crippen LogP contribution in [0.1, 0.15) is 16.8 Å². The number of phenolic OH excluding ortho intramolecular Hbond substituents is 2. The number of furan rings is 1. The predicted molar refractivity (Wildman–Crippen MR) is 87.3 cm³/mol. The maximum Gasteiger partial charge on any atom is 0.195 e. The first kappa shape index (κ1) is 14.7. The van der Waals surface area contributed by atoms with E-state index in [4.69, 9.17) is 4.42 Å².